The van der Waals surface area contributed by atoms with E-state index in [-0.39, 0.29) is 21.7 Å². The molecule has 144 valence electrons. The fraction of sp³-hybridized carbons (Fsp3) is 0.118. The van der Waals surface area contributed by atoms with Gasteiger partial charge in [0.2, 0.25) is 5.82 Å². The highest BCUT2D eigenvalue weighted by atomic mass is 35.5. The van der Waals surface area contributed by atoms with Crippen LogP contribution in [-0.2, 0) is 6.54 Å². The van der Waals surface area contributed by atoms with Crippen molar-refractivity contribution in [3.8, 4) is 11.6 Å². The predicted octanol–water partition coefficient (Wildman–Crippen LogP) is 5.49. The van der Waals surface area contributed by atoms with Crippen LogP contribution in [0.4, 0.5) is 18.9 Å². The van der Waals surface area contributed by atoms with E-state index in [0.717, 1.165) is 10.9 Å². The zero-order valence-corrected chi connectivity index (χ0v) is 15.5. The van der Waals surface area contributed by atoms with E-state index in [1.54, 1.807) is 6.07 Å². The van der Waals surface area contributed by atoms with Gasteiger partial charge in [0.15, 0.2) is 5.76 Å². The van der Waals surface area contributed by atoms with Gasteiger partial charge in [0.05, 0.1) is 5.02 Å². The van der Waals surface area contributed by atoms with Gasteiger partial charge in [-0.25, -0.2) is 0 Å². The summed E-state index contributed by atoms with van der Waals surface area (Å²) in [5.41, 5.74) is -2.18. The summed E-state index contributed by atoms with van der Waals surface area (Å²) in [6, 6.07) is 11.9. The lowest BCUT2D eigenvalue weighted by molar-refractivity contribution is -0.0328. The largest absolute Gasteiger partial charge is 0.453 e. The van der Waals surface area contributed by atoms with Crippen molar-refractivity contribution in [1.82, 2.24) is 20.6 Å². The van der Waals surface area contributed by atoms with E-state index in [1.165, 1.54) is 12.1 Å². The average Bonchev–Trinajstić information content (AvgIpc) is 3.29. The number of furan rings is 1. The summed E-state index contributed by atoms with van der Waals surface area (Å²) in [5, 5.41) is 17.7. The number of benzene rings is 2. The first-order chi connectivity index (χ1) is 13.4. The number of halogens is 4. The molecule has 0 aliphatic carbocycles. The number of fused-ring (bicyclic) bond motifs is 1. The minimum atomic E-state index is -4.38. The van der Waals surface area contributed by atoms with Crippen LogP contribution in [0.25, 0.3) is 22.6 Å². The maximum absolute atomic E-state index is 12.5. The van der Waals surface area contributed by atoms with Gasteiger partial charge in [-0.2, -0.15) is 18.4 Å². The number of nitrogens with zero attached hydrogens (tertiary/aromatic N) is 3. The van der Waals surface area contributed by atoms with Gasteiger partial charge in [-0.3, -0.25) is 0 Å². The molecular formula is C17H11ClF3N5OS. The van der Waals surface area contributed by atoms with E-state index < -0.39 is 5.51 Å². The molecule has 4 aromatic rings. The number of hydrogen-bond acceptors (Lipinski definition) is 6. The molecule has 0 saturated carbocycles. The van der Waals surface area contributed by atoms with E-state index in [2.05, 4.69) is 25.9 Å². The van der Waals surface area contributed by atoms with Crippen molar-refractivity contribution < 1.29 is 17.6 Å². The number of tetrazole rings is 1. The second-order valence-corrected chi connectivity index (χ2v) is 7.28. The highest BCUT2D eigenvalue weighted by molar-refractivity contribution is 8.00. The summed E-state index contributed by atoms with van der Waals surface area (Å²) in [7, 11) is 0. The van der Waals surface area contributed by atoms with Gasteiger partial charge in [-0.05, 0) is 52.9 Å². The molecular weight excluding hydrogens is 415 g/mol. The Morgan fingerprint density at radius 2 is 2.00 bits per heavy atom. The molecule has 0 saturated heterocycles. The molecule has 4 rings (SSSR count). The van der Waals surface area contributed by atoms with Gasteiger partial charge in [0.1, 0.15) is 5.58 Å². The van der Waals surface area contributed by atoms with Crippen molar-refractivity contribution in [2.24, 2.45) is 0 Å². The van der Waals surface area contributed by atoms with E-state index in [1.807, 2.05) is 24.3 Å². The zero-order valence-electron chi connectivity index (χ0n) is 13.9. The Morgan fingerprint density at radius 3 is 2.71 bits per heavy atom. The van der Waals surface area contributed by atoms with Crippen molar-refractivity contribution in [3.05, 3.63) is 53.1 Å². The maximum Gasteiger partial charge on any atom is 0.446 e. The van der Waals surface area contributed by atoms with Crippen LogP contribution in [0.5, 0.6) is 0 Å². The van der Waals surface area contributed by atoms with Gasteiger partial charge in [0, 0.05) is 22.5 Å². The van der Waals surface area contributed by atoms with Crippen LogP contribution < -0.4 is 5.32 Å². The first-order valence-electron chi connectivity index (χ1n) is 7.93. The molecule has 0 aliphatic rings. The second kappa shape index (κ2) is 7.36. The zero-order chi connectivity index (χ0) is 19.7. The molecule has 2 aromatic carbocycles. The molecule has 0 fully saturated rings. The minimum Gasteiger partial charge on any atom is -0.453 e. The molecule has 0 bridgehead atoms. The molecule has 0 unspecified atom stereocenters. The summed E-state index contributed by atoms with van der Waals surface area (Å²) in [4.78, 5) is -0.0364. The van der Waals surface area contributed by atoms with Crippen LogP contribution in [0.2, 0.25) is 5.02 Å². The van der Waals surface area contributed by atoms with Crippen molar-refractivity contribution in [1.29, 1.82) is 0 Å². The Morgan fingerprint density at radius 1 is 1.14 bits per heavy atom. The Bertz CT molecular complexity index is 1110. The SMILES string of the molecule is FC(F)(F)Sc1ccc(NCc2ccc3cc(-c4nn[nH]n4)oc3c2)cc1Cl. The van der Waals surface area contributed by atoms with Crippen molar-refractivity contribution in [2.45, 2.75) is 16.9 Å². The molecule has 28 heavy (non-hydrogen) atoms. The number of aromatic amines is 1. The van der Waals surface area contributed by atoms with Crippen molar-refractivity contribution in [2.75, 3.05) is 5.32 Å². The number of H-pyrrole nitrogens is 1. The fourth-order valence-corrected chi connectivity index (χ4v) is 3.42. The number of aromatic nitrogens is 4. The van der Waals surface area contributed by atoms with Crippen LogP contribution in [0, 0.1) is 0 Å². The van der Waals surface area contributed by atoms with Crippen LogP contribution >= 0.6 is 23.4 Å². The standard InChI is InChI=1S/C17H11ClF3N5OS/c18-12-7-11(3-4-15(12)28-17(19,20)21)22-8-9-1-2-10-6-14(27-13(10)5-9)16-23-25-26-24-16/h1-7,22H,8H2,(H,23,24,25,26). The summed E-state index contributed by atoms with van der Waals surface area (Å²) in [6.45, 7) is 0.441. The summed E-state index contributed by atoms with van der Waals surface area (Å²) < 4.78 is 43.2. The molecule has 11 heteroatoms. The van der Waals surface area contributed by atoms with E-state index in [9.17, 15) is 13.2 Å². The van der Waals surface area contributed by atoms with Gasteiger partial charge in [0.25, 0.3) is 0 Å². The number of alkyl halides is 3. The number of hydrogen-bond donors (Lipinski definition) is 2. The third kappa shape index (κ3) is 4.23. The van der Waals surface area contributed by atoms with E-state index in [0.29, 0.717) is 29.4 Å². The quantitative estimate of drug-likeness (QED) is 0.411. The number of nitrogens with one attached hydrogen (secondary N) is 2. The molecule has 0 aliphatic heterocycles. The van der Waals surface area contributed by atoms with Crippen LogP contribution in [0.1, 0.15) is 5.56 Å². The highest BCUT2D eigenvalue weighted by Gasteiger charge is 2.30. The lowest BCUT2D eigenvalue weighted by atomic mass is 10.1. The summed E-state index contributed by atoms with van der Waals surface area (Å²) in [5.74, 6) is 0.862. The first-order valence-corrected chi connectivity index (χ1v) is 9.12. The molecule has 6 nitrogen and oxygen atoms in total. The second-order valence-electron chi connectivity index (χ2n) is 5.76. The molecule has 0 amide bonds. The molecule has 0 atom stereocenters. The van der Waals surface area contributed by atoms with Gasteiger partial charge in [-0.15, -0.1) is 10.2 Å². The maximum atomic E-state index is 12.5. The third-order valence-corrected chi connectivity index (χ3v) is 5.04. The number of rotatable bonds is 5. The average molecular weight is 426 g/mol. The third-order valence-electron chi connectivity index (χ3n) is 3.80. The fourth-order valence-electron chi connectivity index (χ4n) is 2.58. The number of thioether (sulfide) groups is 1. The molecule has 2 aromatic heterocycles. The minimum absolute atomic E-state index is 0.0364. The normalized spacial score (nSPS) is 11.9. The molecule has 2 N–H and O–H groups in total. The Labute approximate surface area is 165 Å². The molecule has 0 spiro atoms. The van der Waals surface area contributed by atoms with Crippen LogP contribution in [-0.4, -0.2) is 26.1 Å². The smallest absolute Gasteiger partial charge is 0.446 e. The Kier molecular flexibility index (Phi) is 4.90. The van der Waals surface area contributed by atoms with E-state index >= 15 is 0 Å². The van der Waals surface area contributed by atoms with Crippen LogP contribution in [0.3, 0.4) is 0 Å². The van der Waals surface area contributed by atoms with Crippen molar-refractivity contribution >= 4 is 40.0 Å². The Hall–Kier alpha value is -2.72. The van der Waals surface area contributed by atoms with Crippen LogP contribution in [0.15, 0.2) is 51.8 Å². The van der Waals surface area contributed by atoms with Gasteiger partial charge < -0.3 is 9.73 Å². The summed E-state index contributed by atoms with van der Waals surface area (Å²) >= 11 is 5.72. The van der Waals surface area contributed by atoms with Gasteiger partial charge in [-0.1, -0.05) is 23.7 Å². The topological polar surface area (TPSA) is 79.6 Å². The lowest BCUT2D eigenvalue weighted by Gasteiger charge is -2.11. The summed E-state index contributed by atoms with van der Waals surface area (Å²) in [6.07, 6.45) is 0. The monoisotopic (exact) mass is 425 g/mol. The Balaban J connectivity index is 1.47. The molecule has 0 radical (unpaired) electrons. The molecule has 2 heterocycles. The predicted molar refractivity (Wildman–Crippen MR) is 100 cm³/mol. The van der Waals surface area contributed by atoms with Crippen molar-refractivity contribution in [3.63, 3.8) is 0 Å². The van der Waals surface area contributed by atoms with E-state index in [4.69, 9.17) is 16.0 Å². The lowest BCUT2D eigenvalue weighted by Crippen LogP contribution is -2.01. The highest BCUT2D eigenvalue weighted by Crippen LogP contribution is 2.41. The first kappa shape index (κ1) is 18.6. The number of anilines is 1. The van der Waals surface area contributed by atoms with Gasteiger partial charge >= 0.3 is 5.51 Å².